The lowest BCUT2D eigenvalue weighted by molar-refractivity contribution is -0.141. The van der Waals surface area contributed by atoms with Gasteiger partial charge in [0.25, 0.3) is 0 Å². The van der Waals surface area contributed by atoms with Crippen LogP contribution in [0.1, 0.15) is 44.7 Å². The fourth-order valence-corrected chi connectivity index (χ4v) is 3.96. The minimum absolute atomic E-state index is 0.214. The number of nitrogens with zero attached hydrogens (tertiary/aromatic N) is 1. The Morgan fingerprint density at radius 1 is 1.23 bits per heavy atom. The minimum atomic E-state index is -1.02. The van der Waals surface area contributed by atoms with Crippen molar-refractivity contribution in [1.82, 2.24) is 4.90 Å². The van der Waals surface area contributed by atoms with Crippen molar-refractivity contribution in [2.45, 2.75) is 63.8 Å². The van der Waals surface area contributed by atoms with Crippen molar-refractivity contribution in [3.05, 3.63) is 29.3 Å². The molecule has 0 spiro atoms. The Labute approximate surface area is 155 Å². The number of aliphatic hydroxyl groups is 1. The lowest BCUT2D eigenvalue weighted by atomic mass is 9.76. The summed E-state index contributed by atoms with van der Waals surface area (Å²) in [6.07, 6.45) is 0.490. The maximum atomic E-state index is 12.7. The van der Waals surface area contributed by atoms with Gasteiger partial charge in [-0.2, -0.15) is 0 Å². The van der Waals surface area contributed by atoms with Crippen molar-refractivity contribution in [2.24, 2.45) is 0 Å². The third-order valence-electron chi connectivity index (χ3n) is 4.98. The first-order chi connectivity index (χ1) is 12.1. The van der Waals surface area contributed by atoms with Crippen LogP contribution in [0.5, 0.6) is 5.75 Å². The van der Waals surface area contributed by atoms with Crippen LogP contribution >= 0.6 is 0 Å². The summed E-state index contributed by atoms with van der Waals surface area (Å²) in [5, 5.41) is 11.4. The lowest BCUT2D eigenvalue weighted by Gasteiger charge is -2.51. The fourth-order valence-electron chi connectivity index (χ4n) is 3.96. The number of carbonyl (C=O) groups excluding carboxylic acids is 1. The molecule has 6 heteroatoms. The van der Waals surface area contributed by atoms with E-state index in [0.29, 0.717) is 26.1 Å². The molecular weight excluding hydrogens is 334 g/mol. The van der Waals surface area contributed by atoms with Crippen molar-refractivity contribution in [3.63, 3.8) is 0 Å². The van der Waals surface area contributed by atoms with Gasteiger partial charge in [-0.3, -0.25) is 4.90 Å². The summed E-state index contributed by atoms with van der Waals surface area (Å²) in [7, 11) is 1.62. The molecule has 2 heterocycles. The SMILES string of the molecule is COc1cc(C)cc(C2(O)CC3COCC(C2)N3C(=O)OC(C)(C)C)c1. The van der Waals surface area contributed by atoms with Crippen LogP contribution in [-0.4, -0.2) is 54.1 Å². The van der Waals surface area contributed by atoms with Gasteiger partial charge >= 0.3 is 6.09 Å². The fraction of sp³-hybridized carbons (Fsp3) is 0.650. The second-order valence-corrected chi connectivity index (χ2v) is 8.41. The van der Waals surface area contributed by atoms with Crippen LogP contribution in [0.15, 0.2) is 18.2 Å². The molecule has 2 aliphatic heterocycles. The van der Waals surface area contributed by atoms with Gasteiger partial charge in [0.15, 0.2) is 0 Å². The lowest BCUT2D eigenvalue weighted by Crippen LogP contribution is -2.63. The Kier molecular flexibility index (Phi) is 4.92. The number of fused-ring (bicyclic) bond motifs is 2. The molecule has 2 atom stereocenters. The number of hydrogen-bond donors (Lipinski definition) is 1. The second kappa shape index (κ2) is 6.74. The zero-order chi connectivity index (χ0) is 19.1. The number of benzene rings is 1. The van der Waals surface area contributed by atoms with E-state index in [0.717, 1.165) is 16.9 Å². The van der Waals surface area contributed by atoms with Crippen molar-refractivity contribution < 1.29 is 24.1 Å². The number of carbonyl (C=O) groups is 1. The molecule has 0 aliphatic carbocycles. The Morgan fingerprint density at radius 2 is 1.85 bits per heavy atom. The largest absolute Gasteiger partial charge is 0.497 e. The number of methoxy groups -OCH3 is 1. The summed E-state index contributed by atoms with van der Waals surface area (Å²) in [4.78, 5) is 14.4. The van der Waals surface area contributed by atoms with Crippen molar-refractivity contribution >= 4 is 6.09 Å². The summed E-state index contributed by atoms with van der Waals surface area (Å²) in [5.74, 6) is 0.726. The predicted octanol–water partition coefficient (Wildman–Crippen LogP) is 2.99. The van der Waals surface area contributed by atoms with Gasteiger partial charge < -0.3 is 19.3 Å². The molecule has 2 bridgehead atoms. The van der Waals surface area contributed by atoms with Crippen LogP contribution in [0, 0.1) is 6.92 Å². The van der Waals surface area contributed by atoms with E-state index in [1.54, 1.807) is 12.0 Å². The van der Waals surface area contributed by atoms with Crippen LogP contribution in [0.3, 0.4) is 0 Å². The van der Waals surface area contributed by atoms with Crippen LogP contribution in [0.25, 0.3) is 0 Å². The molecule has 0 aromatic heterocycles. The number of aryl methyl sites for hydroxylation is 1. The van der Waals surface area contributed by atoms with E-state index >= 15 is 0 Å². The van der Waals surface area contributed by atoms with Gasteiger partial charge in [0, 0.05) is 12.8 Å². The van der Waals surface area contributed by atoms with E-state index in [1.807, 2.05) is 45.9 Å². The van der Waals surface area contributed by atoms with E-state index in [-0.39, 0.29) is 18.2 Å². The molecule has 2 unspecified atom stereocenters. The zero-order valence-electron chi connectivity index (χ0n) is 16.2. The molecule has 1 aromatic carbocycles. The molecule has 3 rings (SSSR count). The topological polar surface area (TPSA) is 68.2 Å². The number of piperidine rings is 1. The molecule has 2 aliphatic rings. The first-order valence-corrected chi connectivity index (χ1v) is 9.09. The first kappa shape index (κ1) is 19.0. The third kappa shape index (κ3) is 3.81. The monoisotopic (exact) mass is 363 g/mol. The Morgan fingerprint density at radius 3 is 2.38 bits per heavy atom. The normalized spacial score (nSPS) is 28.6. The molecule has 1 amide bonds. The van der Waals surface area contributed by atoms with Crippen LogP contribution < -0.4 is 4.74 Å². The zero-order valence-corrected chi connectivity index (χ0v) is 16.2. The summed E-state index contributed by atoms with van der Waals surface area (Å²) in [6, 6.07) is 5.38. The molecule has 2 fully saturated rings. The van der Waals surface area contributed by atoms with E-state index in [1.165, 1.54) is 0 Å². The van der Waals surface area contributed by atoms with Gasteiger partial charge in [0.05, 0.1) is 38.0 Å². The highest BCUT2D eigenvalue weighted by Crippen LogP contribution is 2.42. The van der Waals surface area contributed by atoms with E-state index in [4.69, 9.17) is 14.2 Å². The number of ether oxygens (including phenoxy) is 3. The highest BCUT2D eigenvalue weighted by molar-refractivity contribution is 5.69. The molecule has 1 N–H and O–H groups in total. The number of hydrogen-bond acceptors (Lipinski definition) is 5. The molecule has 144 valence electrons. The molecule has 6 nitrogen and oxygen atoms in total. The number of amides is 1. The van der Waals surface area contributed by atoms with Gasteiger partial charge in [-0.15, -0.1) is 0 Å². The Balaban J connectivity index is 1.87. The minimum Gasteiger partial charge on any atom is -0.497 e. The number of morpholine rings is 1. The Bertz CT molecular complexity index is 667. The average Bonchev–Trinajstić information content (AvgIpc) is 2.51. The molecule has 26 heavy (non-hydrogen) atoms. The second-order valence-electron chi connectivity index (χ2n) is 8.41. The summed E-state index contributed by atoms with van der Waals surface area (Å²) in [5.41, 5.74) is 0.291. The molecule has 1 aromatic rings. The molecule has 0 radical (unpaired) electrons. The highest BCUT2D eigenvalue weighted by atomic mass is 16.6. The van der Waals surface area contributed by atoms with Crippen molar-refractivity contribution in [3.8, 4) is 5.75 Å². The van der Waals surface area contributed by atoms with Crippen LogP contribution in [-0.2, 0) is 15.1 Å². The molecular formula is C20H29NO5. The first-order valence-electron chi connectivity index (χ1n) is 9.09. The van der Waals surface area contributed by atoms with Crippen LogP contribution in [0.4, 0.5) is 4.79 Å². The van der Waals surface area contributed by atoms with Gasteiger partial charge in [0.1, 0.15) is 11.4 Å². The third-order valence-corrected chi connectivity index (χ3v) is 4.98. The summed E-state index contributed by atoms with van der Waals surface area (Å²) in [6.45, 7) is 8.36. The molecule has 2 saturated heterocycles. The smallest absolute Gasteiger partial charge is 0.410 e. The molecule has 0 saturated carbocycles. The van der Waals surface area contributed by atoms with Crippen molar-refractivity contribution in [2.75, 3.05) is 20.3 Å². The van der Waals surface area contributed by atoms with Gasteiger partial charge in [-0.25, -0.2) is 4.79 Å². The highest BCUT2D eigenvalue weighted by Gasteiger charge is 2.50. The maximum absolute atomic E-state index is 12.7. The van der Waals surface area contributed by atoms with E-state index in [9.17, 15) is 9.90 Å². The Hall–Kier alpha value is -1.79. The average molecular weight is 363 g/mol. The van der Waals surface area contributed by atoms with Gasteiger partial charge in [-0.05, 0) is 51.0 Å². The summed E-state index contributed by atoms with van der Waals surface area (Å²) < 4.78 is 16.6. The summed E-state index contributed by atoms with van der Waals surface area (Å²) >= 11 is 0. The standard InChI is InChI=1S/C20H29NO5/c1-13-6-14(8-17(7-13)24-5)20(23)9-15-11-25-12-16(10-20)21(15)18(22)26-19(2,3)4/h6-8,15-16,23H,9-12H2,1-5H3. The number of rotatable bonds is 2. The van der Waals surface area contributed by atoms with Gasteiger partial charge in [0.2, 0.25) is 0 Å². The van der Waals surface area contributed by atoms with Crippen LogP contribution in [0.2, 0.25) is 0 Å². The predicted molar refractivity (Wildman–Crippen MR) is 97.3 cm³/mol. The van der Waals surface area contributed by atoms with Crippen molar-refractivity contribution in [1.29, 1.82) is 0 Å². The maximum Gasteiger partial charge on any atom is 0.410 e. The van der Waals surface area contributed by atoms with E-state index < -0.39 is 11.2 Å². The van der Waals surface area contributed by atoms with Gasteiger partial charge in [-0.1, -0.05) is 6.07 Å². The van der Waals surface area contributed by atoms with E-state index in [2.05, 4.69) is 0 Å². The quantitative estimate of drug-likeness (QED) is 0.875.